The number of amides is 2. The second-order valence-electron chi connectivity index (χ2n) is 4.62. The number of anilines is 1. The third-order valence-electron chi connectivity index (χ3n) is 2.43. The van der Waals surface area contributed by atoms with Crippen molar-refractivity contribution in [2.45, 2.75) is 26.4 Å². The van der Waals surface area contributed by atoms with Gasteiger partial charge in [-0.15, -0.1) is 0 Å². The number of aryl methyl sites for hydroxylation is 1. The van der Waals surface area contributed by atoms with Crippen LogP contribution in [0.2, 0.25) is 0 Å². The lowest BCUT2D eigenvalue weighted by atomic mass is 10.3. The molecule has 0 unspecified atom stereocenters. The van der Waals surface area contributed by atoms with Crippen LogP contribution in [0.4, 0.5) is 5.82 Å². The minimum atomic E-state index is -0.692. The normalized spacial score (nSPS) is 12.0. The molecule has 118 valence electrons. The highest BCUT2D eigenvalue weighted by Crippen LogP contribution is 2.07. The Bertz CT molecular complexity index is 662. The van der Waals surface area contributed by atoms with Crippen LogP contribution < -0.4 is 10.6 Å². The van der Waals surface area contributed by atoms with E-state index >= 15 is 0 Å². The molecule has 2 aromatic rings. The number of rotatable bonds is 6. The van der Waals surface area contributed by atoms with Crippen molar-refractivity contribution in [2.24, 2.45) is 0 Å². The van der Waals surface area contributed by atoms with Gasteiger partial charge in [0.15, 0.2) is 11.6 Å². The standard InChI is InChI=1S/C12H15N5O5/c1-6(18)5-13-11(20)12-15-9(17-22-12)4-10(19)14-8-3-7(2)21-16-8/h3,6,18H,4-5H2,1-2H3,(H,13,20)(H,14,16,19)/t6-/m1/s1. The average Bonchev–Trinajstić information content (AvgIpc) is 3.05. The Morgan fingerprint density at radius 1 is 1.36 bits per heavy atom. The van der Waals surface area contributed by atoms with Gasteiger partial charge in [0, 0.05) is 12.6 Å². The zero-order valence-corrected chi connectivity index (χ0v) is 12.0. The van der Waals surface area contributed by atoms with Gasteiger partial charge in [-0.25, -0.2) is 0 Å². The summed E-state index contributed by atoms with van der Waals surface area (Å²) in [5.74, 6) is -0.425. The molecule has 2 amide bonds. The van der Waals surface area contributed by atoms with Gasteiger partial charge in [0.1, 0.15) is 5.76 Å². The first-order valence-corrected chi connectivity index (χ1v) is 6.46. The van der Waals surface area contributed by atoms with E-state index in [1.165, 1.54) is 6.92 Å². The first-order chi connectivity index (χ1) is 10.4. The van der Waals surface area contributed by atoms with Gasteiger partial charge < -0.3 is 24.8 Å². The van der Waals surface area contributed by atoms with Gasteiger partial charge >= 0.3 is 11.8 Å². The molecule has 10 heteroatoms. The van der Waals surface area contributed by atoms with E-state index in [2.05, 4.69) is 25.9 Å². The Hall–Kier alpha value is -2.75. The quantitative estimate of drug-likeness (QED) is 0.657. The van der Waals surface area contributed by atoms with Gasteiger partial charge in [0.25, 0.3) is 0 Å². The van der Waals surface area contributed by atoms with E-state index < -0.39 is 17.9 Å². The number of aromatic nitrogens is 3. The van der Waals surface area contributed by atoms with Gasteiger partial charge in [-0.05, 0) is 13.8 Å². The molecule has 0 radical (unpaired) electrons. The first kappa shape index (κ1) is 15.6. The molecule has 0 saturated heterocycles. The highest BCUT2D eigenvalue weighted by atomic mass is 16.5. The van der Waals surface area contributed by atoms with Gasteiger partial charge in [-0.3, -0.25) is 9.59 Å². The number of nitrogens with zero attached hydrogens (tertiary/aromatic N) is 3. The van der Waals surface area contributed by atoms with Gasteiger partial charge in [-0.2, -0.15) is 4.98 Å². The Morgan fingerprint density at radius 3 is 2.77 bits per heavy atom. The molecule has 0 saturated carbocycles. The molecular formula is C12H15N5O5. The van der Waals surface area contributed by atoms with Crippen molar-refractivity contribution in [1.29, 1.82) is 0 Å². The third kappa shape index (κ3) is 4.38. The van der Waals surface area contributed by atoms with Crippen molar-refractivity contribution in [2.75, 3.05) is 11.9 Å². The van der Waals surface area contributed by atoms with E-state index in [0.717, 1.165) is 0 Å². The largest absolute Gasteiger partial charge is 0.392 e. The summed E-state index contributed by atoms with van der Waals surface area (Å²) in [6, 6.07) is 1.56. The predicted molar refractivity (Wildman–Crippen MR) is 71.9 cm³/mol. The van der Waals surface area contributed by atoms with Crippen LogP contribution in [0.3, 0.4) is 0 Å². The maximum atomic E-state index is 11.7. The first-order valence-electron chi connectivity index (χ1n) is 6.46. The van der Waals surface area contributed by atoms with E-state index in [0.29, 0.717) is 5.76 Å². The van der Waals surface area contributed by atoms with E-state index in [1.807, 2.05) is 0 Å². The van der Waals surface area contributed by atoms with Crippen molar-refractivity contribution in [3.05, 3.63) is 23.5 Å². The van der Waals surface area contributed by atoms with Gasteiger partial charge in [0.05, 0.1) is 12.5 Å². The average molecular weight is 309 g/mol. The second-order valence-corrected chi connectivity index (χ2v) is 4.62. The lowest BCUT2D eigenvalue weighted by molar-refractivity contribution is -0.115. The molecule has 22 heavy (non-hydrogen) atoms. The fraction of sp³-hybridized carbons (Fsp3) is 0.417. The second kappa shape index (κ2) is 6.80. The molecule has 1 atom stereocenters. The molecule has 0 aliphatic rings. The molecular weight excluding hydrogens is 294 g/mol. The molecule has 10 nitrogen and oxygen atoms in total. The summed E-state index contributed by atoms with van der Waals surface area (Å²) in [4.78, 5) is 27.1. The SMILES string of the molecule is Cc1cc(NC(=O)Cc2noc(C(=O)NC[C@@H](C)O)n2)no1. The van der Waals surface area contributed by atoms with Crippen molar-refractivity contribution in [3.63, 3.8) is 0 Å². The molecule has 2 rings (SSSR count). The minimum absolute atomic E-state index is 0.0555. The molecule has 2 aromatic heterocycles. The van der Waals surface area contributed by atoms with Crippen LogP contribution in [0.15, 0.2) is 15.1 Å². The van der Waals surface area contributed by atoms with E-state index in [9.17, 15) is 9.59 Å². The minimum Gasteiger partial charge on any atom is -0.392 e. The van der Waals surface area contributed by atoms with Crippen LogP contribution in [0.25, 0.3) is 0 Å². The number of carbonyl (C=O) groups excluding carboxylic acids is 2. The predicted octanol–water partition coefficient (Wildman–Crippen LogP) is -0.342. The van der Waals surface area contributed by atoms with E-state index in [-0.39, 0.29) is 30.5 Å². The maximum absolute atomic E-state index is 11.7. The van der Waals surface area contributed by atoms with Crippen LogP contribution in [-0.2, 0) is 11.2 Å². The molecule has 3 N–H and O–H groups in total. The number of nitrogens with one attached hydrogen (secondary N) is 2. The van der Waals surface area contributed by atoms with E-state index in [4.69, 9.17) is 14.2 Å². The summed E-state index contributed by atoms with van der Waals surface area (Å²) in [7, 11) is 0. The number of hydrogen-bond donors (Lipinski definition) is 3. The molecule has 0 aromatic carbocycles. The van der Waals surface area contributed by atoms with Crippen LogP contribution in [-0.4, -0.2) is 44.9 Å². The summed E-state index contributed by atoms with van der Waals surface area (Å²) in [5, 5.41) is 21.1. The lowest BCUT2D eigenvalue weighted by Crippen LogP contribution is -2.30. The Labute approximate surface area is 124 Å². The van der Waals surface area contributed by atoms with Crippen LogP contribution >= 0.6 is 0 Å². The van der Waals surface area contributed by atoms with Crippen LogP contribution in [0, 0.1) is 6.92 Å². The van der Waals surface area contributed by atoms with Gasteiger partial charge in [-0.1, -0.05) is 10.3 Å². The molecule has 0 bridgehead atoms. The van der Waals surface area contributed by atoms with Crippen molar-refractivity contribution >= 4 is 17.6 Å². The number of aliphatic hydroxyl groups excluding tert-OH is 1. The zero-order chi connectivity index (χ0) is 16.1. The monoisotopic (exact) mass is 309 g/mol. The van der Waals surface area contributed by atoms with Crippen molar-refractivity contribution in [1.82, 2.24) is 20.6 Å². The summed E-state index contributed by atoms with van der Waals surface area (Å²) in [6.07, 6.45) is -0.873. The molecule has 0 aliphatic carbocycles. The topological polar surface area (TPSA) is 143 Å². The van der Waals surface area contributed by atoms with Crippen molar-refractivity contribution in [3.8, 4) is 0 Å². The highest BCUT2D eigenvalue weighted by Gasteiger charge is 2.17. The fourth-order valence-corrected chi connectivity index (χ4v) is 1.49. The smallest absolute Gasteiger partial charge is 0.315 e. The Morgan fingerprint density at radius 2 is 2.14 bits per heavy atom. The third-order valence-corrected chi connectivity index (χ3v) is 2.43. The molecule has 2 heterocycles. The highest BCUT2D eigenvalue weighted by molar-refractivity contribution is 5.91. The fourth-order valence-electron chi connectivity index (χ4n) is 1.49. The number of aliphatic hydroxyl groups is 1. The van der Waals surface area contributed by atoms with Crippen molar-refractivity contribution < 1.29 is 23.7 Å². The van der Waals surface area contributed by atoms with E-state index in [1.54, 1.807) is 13.0 Å². The summed E-state index contributed by atoms with van der Waals surface area (Å²) in [5.41, 5.74) is 0. The Balaban J connectivity index is 1.88. The van der Waals surface area contributed by atoms with Gasteiger partial charge in [0.2, 0.25) is 5.91 Å². The molecule has 0 fully saturated rings. The zero-order valence-electron chi connectivity index (χ0n) is 12.0. The Kier molecular flexibility index (Phi) is 4.84. The van der Waals surface area contributed by atoms with Crippen LogP contribution in [0.5, 0.6) is 0 Å². The lowest BCUT2D eigenvalue weighted by Gasteiger charge is -2.03. The number of hydrogen-bond acceptors (Lipinski definition) is 8. The molecule has 0 spiro atoms. The summed E-state index contributed by atoms with van der Waals surface area (Å²) < 4.78 is 9.55. The molecule has 0 aliphatic heterocycles. The maximum Gasteiger partial charge on any atom is 0.315 e. The van der Waals surface area contributed by atoms with Crippen LogP contribution in [0.1, 0.15) is 29.2 Å². The summed E-state index contributed by atoms with van der Waals surface area (Å²) >= 11 is 0. The number of carbonyl (C=O) groups is 2. The summed E-state index contributed by atoms with van der Waals surface area (Å²) in [6.45, 7) is 3.28.